The third-order valence-electron chi connectivity index (χ3n) is 1.41. The fourth-order valence-electron chi connectivity index (χ4n) is 0.752. The molecular weight excluding hydrogens is 197 g/mol. The van der Waals surface area contributed by atoms with Crippen molar-refractivity contribution < 1.29 is 19.4 Å². The van der Waals surface area contributed by atoms with E-state index < -0.39 is 29.3 Å². The van der Waals surface area contributed by atoms with Crippen LogP contribution in [0.3, 0.4) is 0 Å². The zero-order valence-electron chi connectivity index (χ0n) is 8.22. The van der Waals surface area contributed by atoms with Gasteiger partial charge < -0.3 is 5.31 Å². The molecule has 0 bridgehead atoms. The molecule has 1 amide bonds. The van der Waals surface area contributed by atoms with Gasteiger partial charge in [0.15, 0.2) is 1.41 Å². The highest BCUT2D eigenvalue weighted by Crippen LogP contribution is 2.16. The second-order valence-electron chi connectivity index (χ2n) is 2.43. The van der Waals surface area contributed by atoms with Crippen LogP contribution >= 0.6 is 0 Å². The molecule has 0 unspecified atom stereocenters. The lowest BCUT2D eigenvalue weighted by atomic mass is 10.3. The van der Waals surface area contributed by atoms with Crippen molar-refractivity contribution in [2.45, 2.75) is 13.3 Å². The van der Waals surface area contributed by atoms with E-state index in [9.17, 15) is 18.0 Å². The van der Waals surface area contributed by atoms with Crippen molar-refractivity contribution in [2.75, 3.05) is 5.31 Å². The Kier molecular flexibility index (Phi) is 2.62. The summed E-state index contributed by atoms with van der Waals surface area (Å²) in [5.41, 5.74) is -0.785. The van der Waals surface area contributed by atoms with Gasteiger partial charge in [0.1, 0.15) is 0 Å². The molecule has 1 aromatic heterocycles. The third kappa shape index (κ3) is 2.21. The Morgan fingerprint density at radius 3 is 2.86 bits per heavy atom. The fourth-order valence-corrected chi connectivity index (χ4v) is 0.752. The first kappa shape index (κ1) is 8.98. The van der Waals surface area contributed by atoms with E-state index in [1.54, 1.807) is 0 Å². The highest BCUT2D eigenvalue weighted by atomic mass is 19.2. The molecule has 1 rings (SSSR count). The maximum atomic E-state index is 13.0. The van der Waals surface area contributed by atoms with Gasteiger partial charge in [-0.2, -0.15) is 18.2 Å². The molecule has 0 saturated carbocycles. The molecular formula is C8H7F3N2O. The van der Waals surface area contributed by atoms with E-state index in [4.69, 9.17) is 1.41 Å². The maximum absolute atomic E-state index is 13.0. The van der Waals surface area contributed by atoms with Gasteiger partial charge >= 0.3 is 0 Å². The minimum absolute atomic E-state index is 0.0749. The van der Waals surface area contributed by atoms with E-state index in [2.05, 4.69) is 4.98 Å². The number of nitrogens with one attached hydrogen (secondary N) is 1. The first-order chi connectivity index (χ1) is 6.97. The number of rotatable bonds is 2. The Bertz CT molecular complexity index is 400. The van der Waals surface area contributed by atoms with Crippen molar-refractivity contribution in [3.63, 3.8) is 0 Å². The van der Waals surface area contributed by atoms with Crippen LogP contribution in [-0.4, -0.2) is 10.9 Å². The van der Waals surface area contributed by atoms with E-state index in [0.29, 0.717) is 6.07 Å². The van der Waals surface area contributed by atoms with Crippen LogP contribution in [0.1, 0.15) is 13.3 Å². The van der Waals surface area contributed by atoms with E-state index in [-0.39, 0.29) is 11.7 Å². The van der Waals surface area contributed by atoms with Crippen molar-refractivity contribution in [1.82, 2.24) is 4.98 Å². The SMILES string of the molecule is [2H]N(C(=O)CC)c1cc(F)nc(F)c1F. The van der Waals surface area contributed by atoms with Crippen molar-refractivity contribution in [3.05, 3.63) is 23.8 Å². The van der Waals surface area contributed by atoms with Crippen LogP contribution in [0.4, 0.5) is 18.9 Å². The van der Waals surface area contributed by atoms with Crippen LogP contribution in [0.15, 0.2) is 6.07 Å². The van der Waals surface area contributed by atoms with Crippen LogP contribution in [0.25, 0.3) is 0 Å². The van der Waals surface area contributed by atoms with Crippen LogP contribution < -0.4 is 5.31 Å². The molecule has 0 aromatic carbocycles. The van der Waals surface area contributed by atoms with E-state index in [1.807, 2.05) is 0 Å². The summed E-state index contributed by atoms with van der Waals surface area (Å²) in [6.07, 6.45) is -0.0749. The summed E-state index contributed by atoms with van der Waals surface area (Å²) in [5.74, 6) is -5.26. The van der Waals surface area contributed by atoms with Crippen molar-refractivity contribution in [2.24, 2.45) is 0 Å². The summed E-state index contributed by atoms with van der Waals surface area (Å²) in [7, 11) is 0. The molecule has 1 aromatic rings. The lowest BCUT2D eigenvalue weighted by Crippen LogP contribution is -2.12. The predicted molar refractivity (Wildman–Crippen MR) is 43.0 cm³/mol. The topological polar surface area (TPSA) is 42.0 Å². The molecule has 6 heteroatoms. The summed E-state index contributed by atoms with van der Waals surface area (Å²) >= 11 is 0. The summed E-state index contributed by atoms with van der Waals surface area (Å²) in [4.78, 5) is 13.6. The molecule has 76 valence electrons. The largest absolute Gasteiger partial charge is 0.323 e. The quantitative estimate of drug-likeness (QED) is 0.748. The van der Waals surface area contributed by atoms with Crippen LogP contribution in [0, 0.1) is 17.7 Å². The second-order valence-corrected chi connectivity index (χ2v) is 2.43. The average Bonchev–Trinajstić information content (AvgIpc) is 2.21. The lowest BCUT2D eigenvalue weighted by Gasteiger charge is -2.04. The number of anilines is 1. The number of carbonyl (C=O) groups is 1. The molecule has 1 N–H and O–H groups in total. The fraction of sp³-hybridized carbons (Fsp3) is 0.250. The minimum atomic E-state index is -1.67. The predicted octanol–water partition coefficient (Wildman–Crippen LogP) is 1.85. The molecule has 3 nitrogen and oxygen atoms in total. The van der Waals surface area contributed by atoms with Crippen LogP contribution in [-0.2, 0) is 4.79 Å². The molecule has 0 aliphatic rings. The summed E-state index contributed by atoms with van der Waals surface area (Å²) in [6.45, 7) is 1.44. The van der Waals surface area contributed by atoms with Crippen molar-refractivity contribution in [3.8, 4) is 0 Å². The Labute approximate surface area is 79.4 Å². The molecule has 0 aliphatic carbocycles. The number of hydrogen-bond acceptors (Lipinski definition) is 2. The zero-order chi connectivity index (χ0) is 11.6. The first-order valence-corrected chi connectivity index (χ1v) is 3.80. The number of nitrogens with zero attached hydrogens (tertiary/aromatic N) is 1. The van der Waals surface area contributed by atoms with E-state index in [1.165, 1.54) is 6.92 Å². The maximum Gasteiger partial charge on any atom is 0.253 e. The molecule has 0 aliphatic heterocycles. The molecule has 0 spiro atoms. The standard InChI is InChI=1S/C8H7F3N2O/c1-2-6(14)12-4-3-5(9)13-8(11)7(4)10/h3H,2H2,1H3,(H,12,13,14)/i/hD. The van der Waals surface area contributed by atoms with Gasteiger partial charge in [-0.05, 0) is 0 Å². The second kappa shape index (κ2) is 4.08. The lowest BCUT2D eigenvalue weighted by molar-refractivity contribution is -0.115. The molecule has 0 radical (unpaired) electrons. The third-order valence-corrected chi connectivity index (χ3v) is 1.41. The number of amides is 1. The van der Waals surface area contributed by atoms with Gasteiger partial charge in [-0.1, -0.05) is 6.92 Å². The molecule has 0 saturated heterocycles. The monoisotopic (exact) mass is 205 g/mol. The highest BCUT2D eigenvalue weighted by molar-refractivity contribution is 5.90. The summed E-state index contributed by atoms with van der Waals surface area (Å²) < 4.78 is 45.4. The van der Waals surface area contributed by atoms with Crippen molar-refractivity contribution in [1.29, 1.82) is 0 Å². The van der Waals surface area contributed by atoms with E-state index in [0.717, 1.165) is 0 Å². The van der Waals surface area contributed by atoms with Gasteiger partial charge in [0.25, 0.3) is 5.95 Å². The molecule has 0 fully saturated rings. The number of pyridine rings is 1. The van der Waals surface area contributed by atoms with Gasteiger partial charge in [0, 0.05) is 12.5 Å². The van der Waals surface area contributed by atoms with E-state index >= 15 is 0 Å². The summed E-state index contributed by atoms with van der Waals surface area (Å²) in [5, 5.41) is 0.100. The van der Waals surface area contributed by atoms with Crippen LogP contribution in [0.5, 0.6) is 0 Å². The van der Waals surface area contributed by atoms with Gasteiger partial charge in [-0.15, -0.1) is 0 Å². The normalized spacial score (nSPS) is 11.0. The van der Waals surface area contributed by atoms with Gasteiger partial charge in [-0.25, -0.2) is 0 Å². The zero-order valence-corrected chi connectivity index (χ0v) is 7.22. The Morgan fingerprint density at radius 1 is 1.64 bits per heavy atom. The molecule has 14 heavy (non-hydrogen) atoms. The number of halogens is 3. The molecule has 1 heterocycles. The Hall–Kier alpha value is -1.59. The Balaban J connectivity index is 3.19. The Morgan fingerprint density at radius 2 is 2.29 bits per heavy atom. The number of aromatic nitrogens is 1. The first-order valence-electron chi connectivity index (χ1n) is 4.25. The summed E-state index contributed by atoms with van der Waals surface area (Å²) in [6, 6.07) is 0.485. The molecule has 0 atom stereocenters. The number of carbonyl (C=O) groups excluding carboxylic acids is 1. The van der Waals surface area contributed by atoms with Gasteiger partial charge in [0.05, 0.1) is 5.69 Å². The average molecular weight is 205 g/mol. The van der Waals surface area contributed by atoms with Crippen molar-refractivity contribution >= 4 is 11.6 Å². The van der Waals surface area contributed by atoms with Gasteiger partial charge in [0.2, 0.25) is 17.7 Å². The smallest absolute Gasteiger partial charge is 0.253 e. The van der Waals surface area contributed by atoms with Gasteiger partial charge in [-0.3, -0.25) is 4.79 Å². The van der Waals surface area contributed by atoms with Crippen LogP contribution in [0.2, 0.25) is 1.41 Å². The highest BCUT2D eigenvalue weighted by Gasteiger charge is 2.13. The number of hydrogen-bond donors (Lipinski definition) is 1. The minimum Gasteiger partial charge on any atom is -0.323 e.